The maximum atomic E-state index is 12.5. The molecule has 0 heterocycles. The summed E-state index contributed by atoms with van der Waals surface area (Å²) in [6.45, 7) is 4.34. The highest BCUT2D eigenvalue weighted by molar-refractivity contribution is 5.77. The molecule has 106 valence electrons. The molecule has 0 fully saturated rings. The van der Waals surface area contributed by atoms with Gasteiger partial charge in [0.15, 0.2) is 6.61 Å². The van der Waals surface area contributed by atoms with E-state index in [0.717, 1.165) is 0 Å². The van der Waals surface area contributed by atoms with E-state index >= 15 is 0 Å². The molecular weight excluding hydrogens is 246 g/mol. The second-order valence-corrected chi connectivity index (χ2v) is 5.18. The molecule has 0 amide bonds. The molecule has 0 bridgehead atoms. The van der Waals surface area contributed by atoms with Crippen molar-refractivity contribution < 1.29 is 28.2 Å². The van der Waals surface area contributed by atoms with Gasteiger partial charge in [-0.1, -0.05) is 6.92 Å². The SMILES string of the molecule is CCC(CC(C)(C)C(=O)O)C(=O)OCC(C)(F)F. The summed E-state index contributed by atoms with van der Waals surface area (Å²) in [7, 11) is 0. The van der Waals surface area contributed by atoms with Gasteiger partial charge in [-0.3, -0.25) is 9.59 Å². The number of carbonyl (C=O) groups is 2. The lowest BCUT2D eigenvalue weighted by atomic mass is 9.82. The zero-order valence-corrected chi connectivity index (χ0v) is 11.1. The molecule has 0 aromatic rings. The number of hydrogen-bond donors (Lipinski definition) is 1. The summed E-state index contributed by atoms with van der Waals surface area (Å²) in [5.74, 6) is -5.56. The largest absolute Gasteiger partial charge is 0.481 e. The third-order valence-corrected chi connectivity index (χ3v) is 2.63. The van der Waals surface area contributed by atoms with Crippen LogP contribution in [-0.2, 0) is 14.3 Å². The highest BCUT2D eigenvalue weighted by Crippen LogP contribution is 2.28. The maximum absolute atomic E-state index is 12.5. The minimum atomic E-state index is -3.07. The number of aliphatic carboxylic acids is 1. The number of halogens is 2. The van der Waals surface area contributed by atoms with Gasteiger partial charge < -0.3 is 9.84 Å². The van der Waals surface area contributed by atoms with Crippen LogP contribution < -0.4 is 0 Å². The predicted octanol–water partition coefficient (Wildman–Crippen LogP) is 2.71. The van der Waals surface area contributed by atoms with Crippen LogP contribution in [0.5, 0.6) is 0 Å². The van der Waals surface area contributed by atoms with E-state index in [-0.39, 0.29) is 6.42 Å². The van der Waals surface area contributed by atoms with Crippen LogP contribution in [0.3, 0.4) is 0 Å². The van der Waals surface area contributed by atoms with Gasteiger partial charge in [0.1, 0.15) is 0 Å². The van der Waals surface area contributed by atoms with E-state index in [1.807, 2.05) is 0 Å². The quantitative estimate of drug-likeness (QED) is 0.720. The van der Waals surface area contributed by atoms with Crippen molar-refractivity contribution in [2.45, 2.75) is 46.5 Å². The van der Waals surface area contributed by atoms with Crippen molar-refractivity contribution in [2.75, 3.05) is 6.61 Å². The average molecular weight is 266 g/mol. The number of esters is 1. The van der Waals surface area contributed by atoms with E-state index in [4.69, 9.17) is 5.11 Å². The van der Waals surface area contributed by atoms with Gasteiger partial charge in [0, 0.05) is 6.92 Å². The number of alkyl halides is 2. The number of carboxylic acids is 1. The minimum Gasteiger partial charge on any atom is -0.481 e. The Morgan fingerprint density at radius 3 is 2.11 bits per heavy atom. The normalized spacial score (nSPS) is 14.1. The van der Waals surface area contributed by atoms with Gasteiger partial charge >= 0.3 is 11.9 Å². The molecule has 1 atom stereocenters. The fourth-order valence-corrected chi connectivity index (χ4v) is 1.41. The van der Waals surface area contributed by atoms with E-state index < -0.39 is 35.8 Å². The van der Waals surface area contributed by atoms with Crippen molar-refractivity contribution in [2.24, 2.45) is 11.3 Å². The Morgan fingerprint density at radius 2 is 1.78 bits per heavy atom. The third-order valence-electron chi connectivity index (χ3n) is 2.63. The highest BCUT2D eigenvalue weighted by Gasteiger charge is 2.34. The molecule has 1 unspecified atom stereocenters. The summed E-state index contributed by atoms with van der Waals surface area (Å²) in [5.41, 5.74) is -1.09. The molecule has 0 saturated carbocycles. The van der Waals surface area contributed by atoms with Crippen LogP contribution in [0, 0.1) is 11.3 Å². The Labute approximate surface area is 105 Å². The lowest BCUT2D eigenvalue weighted by Crippen LogP contribution is -2.32. The van der Waals surface area contributed by atoms with Crippen molar-refractivity contribution in [3.05, 3.63) is 0 Å². The van der Waals surface area contributed by atoms with Crippen molar-refractivity contribution in [1.29, 1.82) is 0 Å². The van der Waals surface area contributed by atoms with Gasteiger partial charge in [-0.2, -0.15) is 0 Å². The van der Waals surface area contributed by atoms with E-state index in [9.17, 15) is 18.4 Å². The lowest BCUT2D eigenvalue weighted by molar-refractivity contribution is -0.161. The summed E-state index contributed by atoms with van der Waals surface area (Å²) >= 11 is 0. The van der Waals surface area contributed by atoms with Crippen molar-refractivity contribution in [3.63, 3.8) is 0 Å². The van der Waals surface area contributed by atoms with Gasteiger partial charge in [0.2, 0.25) is 0 Å². The molecule has 0 aromatic carbocycles. The molecule has 0 radical (unpaired) electrons. The lowest BCUT2D eigenvalue weighted by Gasteiger charge is -2.24. The fourth-order valence-electron chi connectivity index (χ4n) is 1.41. The molecule has 6 heteroatoms. The summed E-state index contributed by atoms with van der Waals surface area (Å²) in [6.07, 6.45) is 0.414. The van der Waals surface area contributed by atoms with E-state index in [1.54, 1.807) is 6.92 Å². The second-order valence-electron chi connectivity index (χ2n) is 5.18. The van der Waals surface area contributed by atoms with Gasteiger partial charge in [-0.25, -0.2) is 8.78 Å². The molecule has 0 aliphatic carbocycles. The molecule has 0 saturated heterocycles. The predicted molar refractivity (Wildman–Crippen MR) is 61.4 cm³/mol. The average Bonchev–Trinajstić information content (AvgIpc) is 2.21. The number of hydrogen-bond acceptors (Lipinski definition) is 3. The smallest absolute Gasteiger partial charge is 0.309 e. The summed E-state index contributed by atoms with van der Waals surface area (Å²) < 4.78 is 29.6. The van der Waals surface area contributed by atoms with Crippen molar-refractivity contribution >= 4 is 11.9 Å². The molecule has 0 spiro atoms. The summed E-state index contributed by atoms with van der Waals surface area (Å²) in [5, 5.41) is 8.95. The van der Waals surface area contributed by atoms with Crippen molar-refractivity contribution in [3.8, 4) is 0 Å². The van der Waals surface area contributed by atoms with Gasteiger partial charge in [-0.05, 0) is 26.7 Å². The topological polar surface area (TPSA) is 63.6 Å². The zero-order chi connectivity index (χ0) is 14.6. The van der Waals surface area contributed by atoms with E-state index in [1.165, 1.54) is 13.8 Å². The van der Waals surface area contributed by atoms with Crippen LogP contribution in [0.2, 0.25) is 0 Å². The van der Waals surface area contributed by atoms with Gasteiger partial charge in [-0.15, -0.1) is 0 Å². The van der Waals surface area contributed by atoms with Gasteiger partial charge in [0.25, 0.3) is 5.92 Å². The fraction of sp³-hybridized carbons (Fsp3) is 0.833. The van der Waals surface area contributed by atoms with Gasteiger partial charge in [0.05, 0.1) is 11.3 Å². The maximum Gasteiger partial charge on any atom is 0.309 e. The van der Waals surface area contributed by atoms with Crippen molar-refractivity contribution in [1.82, 2.24) is 0 Å². The molecule has 0 rings (SSSR count). The molecule has 18 heavy (non-hydrogen) atoms. The Kier molecular flexibility index (Phi) is 5.70. The van der Waals surface area contributed by atoms with E-state index in [2.05, 4.69) is 4.74 Å². The monoisotopic (exact) mass is 266 g/mol. The Balaban J connectivity index is 4.51. The van der Waals surface area contributed by atoms with Crippen LogP contribution in [0.15, 0.2) is 0 Å². The Morgan fingerprint density at radius 1 is 1.28 bits per heavy atom. The third kappa shape index (κ3) is 5.93. The molecular formula is C12H20F2O4. The summed E-state index contributed by atoms with van der Waals surface area (Å²) in [6, 6.07) is 0. The van der Waals surface area contributed by atoms with E-state index in [0.29, 0.717) is 13.3 Å². The number of rotatable bonds is 7. The first-order chi connectivity index (χ1) is 7.99. The van der Waals surface area contributed by atoms with Crippen LogP contribution in [-0.4, -0.2) is 29.6 Å². The summed E-state index contributed by atoms with van der Waals surface area (Å²) in [4.78, 5) is 22.5. The second kappa shape index (κ2) is 6.11. The zero-order valence-electron chi connectivity index (χ0n) is 11.1. The number of carboxylic acid groups (broad SMARTS) is 1. The van der Waals surface area contributed by atoms with Crippen LogP contribution in [0.1, 0.15) is 40.5 Å². The Hall–Kier alpha value is -1.20. The first kappa shape index (κ1) is 16.8. The van der Waals surface area contributed by atoms with Crippen LogP contribution in [0.4, 0.5) is 8.78 Å². The minimum absolute atomic E-state index is 0.0625. The molecule has 4 nitrogen and oxygen atoms in total. The van der Waals surface area contributed by atoms with Crippen LogP contribution >= 0.6 is 0 Å². The molecule has 1 N–H and O–H groups in total. The number of ether oxygens (including phenoxy) is 1. The molecule has 0 aliphatic heterocycles. The Bertz CT molecular complexity index is 308. The van der Waals surface area contributed by atoms with Crippen LogP contribution in [0.25, 0.3) is 0 Å². The highest BCUT2D eigenvalue weighted by atomic mass is 19.3. The molecule has 0 aliphatic rings. The first-order valence-corrected chi connectivity index (χ1v) is 5.77. The molecule has 0 aromatic heterocycles. The first-order valence-electron chi connectivity index (χ1n) is 5.77. The number of carbonyl (C=O) groups excluding carboxylic acids is 1. The standard InChI is InChI=1S/C12H20F2O4/c1-5-8(6-11(2,3)10(16)17)9(15)18-7-12(4,13)14/h8H,5-7H2,1-4H3,(H,16,17).